The number of carbonyl (C=O) groups is 1. The number of carbonyl (C=O) groups excluding carboxylic acids is 1. The van der Waals surface area contributed by atoms with E-state index in [1.807, 2.05) is 12.1 Å². The van der Waals surface area contributed by atoms with E-state index >= 15 is 0 Å². The van der Waals surface area contributed by atoms with Crippen molar-refractivity contribution in [1.82, 2.24) is 4.98 Å². The van der Waals surface area contributed by atoms with E-state index < -0.39 is 0 Å². The van der Waals surface area contributed by atoms with Gasteiger partial charge in [0.25, 0.3) is 0 Å². The van der Waals surface area contributed by atoms with Crippen LogP contribution in [-0.2, 0) is 17.8 Å². The summed E-state index contributed by atoms with van der Waals surface area (Å²) in [5, 5.41) is 0. The molecule has 0 unspecified atom stereocenters. The monoisotopic (exact) mass is 165 g/mol. The van der Waals surface area contributed by atoms with Crippen molar-refractivity contribution in [2.75, 3.05) is 0 Å². The summed E-state index contributed by atoms with van der Waals surface area (Å²) in [6.07, 6.45) is 0.174. The van der Waals surface area contributed by atoms with Crippen LogP contribution in [0.4, 0.5) is 0 Å². The Hall–Kier alpha value is -1.42. The molecule has 1 amide bonds. The highest BCUT2D eigenvalue weighted by molar-refractivity contribution is 5.76. The Kier molecular flexibility index (Phi) is 2.76. The summed E-state index contributed by atoms with van der Waals surface area (Å²) < 4.78 is 0. The molecule has 4 N–H and O–H groups in total. The zero-order valence-corrected chi connectivity index (χ0v) is 6.66. The van der Waals surface area contributed by atoms with Gasteiger partial charge in [-0.15, -0.1) is 0 Å². The van der Waals surface area contributed by atoms with Gasteiger partial charge in [0.05, 0.1) is 17.8 Å². The quantitative estimate of drug-likeness (QED) is 0.637. The van der Waals surface area contributed by atoms with Gasteiger partial charge < -0.3 is 11.5 Å². The van der Waals surface area contributed by atoms with Crippen LogP contribution >= 0.6 is 0 Å². The topological polar surface area (TPSA) is 82.0 Å². The highest BCUT2D eigenvalue weighted by Crippen LogP contribution is 1.98. The van der Waals surface area contributed by atoms with E-state index in [2.05, 4.69) is 4.98 Å². The number of aromatic nitrogens is 1. The van der Waals surface area contributed by atoms with E-state index in [1.54, 1.807) is 6.07 Å². The van der Waals surface area contributed by atoms with Crippen molar-refractivity contribution >= 4 is 5.91 Å². The Morgan fingerprint density at radius 3 is 2.67 bits per heavy atom. The van der Waals surface area contributed by atoms with Crippen LogP contribution in [0.25, 0.3) is 0 Å². The SMILES string of the molecule is NCc1cccc(CC(N)=O)n1. The summed E-state index contributed by atoms with van der Waals surface area (Å²) in [5.41, 5.74) is 11.8. The van der Waals surface area contributed by atoms with E-state index in [4.69, 9.17) is 11.5 Å². The third-order valence-corrected chi connectivity index (χ3v) is 1.43. The molecule has 0 bridgehead atoms. The molecule has 0 aliphatic rings. The van der Waals surface area contributed by atoms with E-state index in [-0.39, 0.29) is 12.3 Å². The molecular weight excluding hydrogens is 154 g/mol. The number of nitrogens with zero attached hydrogens (tertiary/aromatic N) is 1. The molecule has 0 fully saturated rings. The minimum Gasteiger partial charge on any atom is -0.369 e. The molecule has 4 nitrogen and oxygen atoms in total. The van der Waals surface area contributed by atoms with E-state index in [0.717, 1.165) is 5.69 Å². The Labute approximate surface area is 70.6 Å². The maximum Gasteiger partial charge on any atom is 0.223 e. The van der Waals surface area contributed by atoms with Crippen LogP contribution in [0, 0.1) is 0 Å². The summed E-state index contributed by atoms with van der Waals surface area (Å²) in [4.78, 5) is 14.6. The molecule has 0 spiro atoms. The van der Waals surface area contributed by atoms with Gasteiger partial charge in [-0.25, -0.2) is 0 Å². The van der Waals surface area contributed by atoms with Crippen LogP contribution in [0.1, 0.15) is 11.4 Å². The molecule has 0 aliphatic heterocycles. The van der Waals surface area contributed by atoms with Gasteiger partial charge in [-0.05, 0) is 12.1 Å². The predicted octanol–water partition coefficient (Wildman–Crippen LogP) is -0.432. The van der Waals surface area contributed by atoms with Crippen LogP contribution in [0.5, 0.6) is 0 Å². The minimum atomic E-state index is -0.378. The number of hydrogen-bond donors (Lipinski definition) is 2. The second-order valence-electron chi connectivity index (χ2n) is 2.47. The molecular formula is C8H11N3O. The van der Waals surface area contributed by atoms with Gasteiger partial charge in [0.15, 0.2) is 0 Å². The third-order valence-electron chi connectivity index (χ3n) is 1.43. The van der Waals surface area contributed by atoms with Gasteiger partial charge in [-0.3, -0.25) is 9.78 Å². The largest absolute Gasteiger partial charge is 0.369 e. The zero-order chi connectivity index (χ0) is 8.97. The van der Waals surface area contributed by atoms with Gasteiger partial charge in [0, 0.05) is 6.54 Å². The predicted molar refractivity (Wildman–Crippen MR) is 45.0 cm³/mol. The van der Waals surface area contributed by atoms with E-state index in [0.29, 0.717) is 12.2 Å². The Bertz CT molecular complexity index is 285. The average molecular weight is 165 g/mol. The lowest BCUT2D eigenvalue weighted by molar-refractivity contribution is -0.117. The van der Waals surface area contributed by atoms with Crippen molar-refractivity contribution in [3.63, 3.8) is 0 Å². The second kappa shape index (κ2) is 3.82. The van der Waals surface area contributed by atoms with Crippen LogP contribution in [-0.4, -0.2) is 10.9 Å². The number of amides is 1. The third kappa shape index (κ3) is 2.32. The molecule has 1 aromatic rings. The van der Waals surface area contributed by atoms with Crippen molar-refractivity contribution in [2.45, 2.75) is 13.0 Å². The summed E-state index contributed by atoms with van der Waals surface area (Å²) in [7, 11) is 0. The molecule has 1 heterocycles. The van der Waals surface area contributed by atoms with Crippen LogP contribution in [0.2, 0.25) is 0 Å². The Morgan fingerprint density at radius 2 is 2.08 bits per heavy atom. The number of nitrogens with two attached hydrogens (primary N) is 2. The minimum absolute atomic E-state index is 0.174. The lowest BCUT2D eigenvalue weighted by atomic mass is 10.2. The van der Waals surface area contributed by atoms with Gasteiger partial charge in [0.1, 0.15) is 0 Å². The first kappa shape index (κ1) is 8.67. The maximum atomic E-state index is 10.5. The van der Waals surface area contributed by atoms with Crippen LogP contribution in [0.15, 0.2) is 18.2 Å². The molecule has 1 rings (SSSR count). The molecule has 0 radical (unpaired) electrons. The number of pyridine rings is 1. The van der Waals surface area contributed by atoms with Gasteiger partial charge in [0.2, 0.25) is 5.91 Å². The highest BCUT2D eigenvalue weighted by atomic mass is 16.1. The van der Waals surface area contributed by atoms with Gasteiger partial charge >= 0.3 is 0 Å². The van der Waals surface area contributed by atoms with Crippen molar-refractivity contribution in [1.29, 1.82) is 0 Å². The summed E-state index contributed by atoms with van der Waals surface area (Å²) >= 11 is 0. The summed E-state index contributed by atoms with van der Waals surface area (Å²) in [6, 6.07) is 5.38. The Morgan fingerprint density at radius 1 is 1.42 bits per heavy atom. The van der Waals surface area contributed by atoms with Crippen molar-refractivity contribution in [3.05, 3.63) is 29.6 Å². The maximum absolute atomic E-state index is 10.5. The second-order valence-corrected chi connectivity index (χ2v) is 2.47. The number of primary amides is 1. The summed E-state index contributed by atoms with van der Waals surface area (Å²) in [6.45, 7) is 0.382. The fraction of sp³-hybridized carbons (Fsp3) is 0.250. The van der Waals surface area contributed by atoms with E-state index in [9.17, 15) is 4.79 Å². The van der Waals surface area contributed by atoms with Crippen molar-refractivity contribution in [3.8, 4) is 0 Å². The molecule has 0 saturated carbocycles. The summed E-state index contributed by atoms with van der Waals surface area (Å²) in [5.74, 6) is -0.378. The smallest absolute Gasteiger partial charge is 0.223 e. The molecule has 4 heteroatoms. The molecule has 64 valence electrons. The number of hydrogen-bond acceptors (Lipinski definition) is 3. The molecule has 0 saturated heterocycles. The molecule has 0 atom stereocenters. The fourth-order valence-corrected chi connectivity index (χ4v) is 0.920. The first-order chi connectivity index (χ1) is 5.72. The number of rotatable bonds is 3. The average Bonchev–Trinajstić information content (AvgIpc) is 2.03. The van der Waals surface area contributed by atoms with Gasteiger partial charge in [-0.2, -0.15) is 0 Å². The van der Waals surface area contributed by atoms with Gasteiger partial charge in [-0.1, -0.05) is 6.07 Å². The lowest BCUT2D eigenvalue weighted by Gasteiger charge is -1.99. The molecule has 12 heavy (non-hydrogen) atoms. The van der Waals surface area contributed by atoms with Crippen LogP contribution < -0.4 is 11.5 Å². The van der Waals surface area contributed by atoms with Crippen LogP contribution in [0.3, 0.4) is 0 Å². The standard InChI is InChI=1S/C8H11N3O/c9-5-7-3-1-2-6(11-7)4-8(10)12/h1-3H,4-5,9H2,(H2,10,12). The van der Waals surface area contributed by atoms with Crippen molar-refractivity contribution in [2.24, 2.45) is 11.5 Å². The highest BCUT2D eigenvalue weighted by Gasteiger charge is 1.99. The molecule has 0 aromatic carbocycles. The molecule has 0 aliphatic carbocycles. The fourth-order valence-electron chi connectivity index (χ4n) is 0.920. The first-order valence-corrected chi connectivity index (χ1v) is 3.65. The lowest BCUT2D eigenvalue weighted by Crippen LogP contribution is -2.15. The molecule has 1 aromatic heterocycles. The normalized spacial score (nSPS) is 9.75. The van der Waals surface area contributed by atoms with Crippen molar-refractivity contribution < 1.29 is 4.79 Å². The Balaban J connectivity index is 2.79. The first-order valence-electron chi connectivity index (χ1n) is 3.65. The van der Waals surface area contributed by atoms with E-state index in [1.165, 1.54) is 0 Å². The zero-order valence-electron chi connectivity index (χ0n) is 6.66.